The van der Waals surface area contributed by atoms with Crippen LogP contribution < -0.4 is 20.3 Å². The summed E-state index contributed by atoms with van der Waals surface area (Å²) < 4.78 is 47.9. The first-order valence-corrected chi connectivity index (χ1v) is 14.8. The van der Waals surface area contributed by atoms with Crippen LogP contribution in [0.3, 0.4) is 0 Å². The SMILES string of the molecule is CCC1c2nncn2-c2cnc(Nc3ccc(C(=O)NC4CCN(C)CC4)cc3OC)nc2N1Cc1cccc(C(F)(F)F)c1. The van der Waals surface area contributed by atoms with Crippen LogP contribution in [0.25, 0.3) is 5.69 Å². The fraction of sp³-hybridized carbons (Fsp3) is 0.387. The Morgan fingerprint density at radius 1 is 1.13 bits per heavy atom. The van der Waals surface area contributed by atoms with Gasteiger partial charge in [0.1, 0.15) is 17.8 Å². The summed E-state index contributed by atoms with van der Waals surface area (Å²) in [6.45, 7) is 4.01. The number of amides is 1. The molecule has 236 valence electrons. The molecule has 1 atom stereocenters. The first kappa shape index (κ1) is 30.3. The predicted molar refractivity (Wildman–Crippen MR) is 162 cm³/mol. The number of methoxy groups -OCH3 is 1. The maximum atomic E-state index is 13.5. The van der Waals surface area contributed by atoms with Gasteiger partial charge in [-0.3, -0.25) is 9.36 Å². The van der Waals surface area contributed by atoms with E-state index in [1.54, 1.807) is 41.4 Å². The normalized spacial score (nSPS) is 17.0. The van der Waals surface area contributed by atoms with Gasteiger partial charge in [-0.15, -0.1) is 10.2 Å². The molecule has 4 heterocycles. The Kier molecular flexibility index (Phi) is 8.32. The quantitative estimate of drug-likeness (QED) is 0.277. The van der Waals surface area contributed by atoms with E-state index >= 15 is 0 Å². The molecule has 2 aliphatic rings. The van der Waals surface area contributed by atoms with Crippen molar-refractivity contribution in [3.8, 4) is 11.4 Å². The third-order valence-electron chi connectivity index (χ3n) is 8.29. The lowest BCUT2D eigenvalue weighted by molar-refractivity contribution is -0.137. The number of carbonyl (C=O) groups excluding carboxylic acids is 1. The van der Waals surface area contributed by atoms with Crippen molar-refractivity contribution in [2.75, 3.05) is 37.5 Å². The molecule has 4 aromatic rings. The van der Waals surface area contributed by atoms with E-state index in [1.165, 1.54) is 13.2 Å². The zero-order chi connectivity index (χ0) is 31.7. The topological polar surface area (TPSA) is 113 Å². The van der Waals surface area contributed by atoms with Gasteiger partial charge >= 0.3 is 6.18 Å². The maximum absolute atomic E-state index is 13.5. The predicted octanol–water partition coefficient (Wildman–Crippen LogP) is 5.12. The van der Waals surface area contributed by atoms with Crippen molar-refractivity contribution >= 4 is 23.4 Å². The Morgan fingerprint density at radius 3 is 2.67 bits per heavy atom. The summed E-state index contributed by atoms with van der Waals surface area (Å²) in [5, 5.41) is 14.7. The average molecular weight is 622 g/mol. The Balaban J connectivity index is 1.28. The summed E-state index contributed by atoms with van der Waals surface area (Å²) in [5.74, 6) is 1.67. The second-order valence-electron chi connectivity index (χ2n) is 11.3. The van der Waals surface area contributed by atoms with Crippen LogP contribution in [0.4, 0.5) is 30.6 Å². The van der Waals surface area contributed by atoms with Gasteiger partial charge in [0.2, 0.25) is 5.95 Å². The number of benzene rings is 2. The van der Waals surface area contributed by atoms with E-state index in [4.69, 9.17) is 9.72 Å². The van der Waals surface area contributed by atoms with Crippen molar-refractivity contribution in [1.82, 2.24) is 34.9 Å². The number of fused-ring (bicyclic) bond motifs is 3. The number of likely N-dealkylation sites (tertiary alicyclic amines) is 1. The van der Waals surface area contributed by atoms with Crippen molar-refractivity contribution in [2.24, 2.45) is 0 Å². The number of nitrogens with zero attached hydrogens (tertiary/aromatic N) is 7. The number of piperidine rings is 1. The summed E-state index contributed by atoms with van der Waals surface area (Å²) >= 11 is 0. The van der Waals surface area contributed by atoms with E-state index in [9.17, 15) is 18.0 Å². The molecule has 0 spiro atoms. The molecule has 0 radical (unpaired) electrons. The molecule has 1 fully saturated rings. The molecular formula is C31H34F3N9O2. The molecule has 0 aliphatic carbocycles. The van der Waals surface area contributed by atoms with Crippen molar-refractivity contribution in [1.29, 1.82) is 0 Å². The van der Waals surface area contributed by atoms with Crippen LogP contribution in [0.2, 0.25) is 0 Å². The van der Waals surface area contributed by atoms with Gasteiger partial charge in [-0.25, -0.2) is 4.98 Å². The number of aromatic nitrogens is 5. The third-order valence-corrected chi connectivity index (χ3v) is 8.29. The fourth-order valence-corrected chi connectivity index (χ4v) is 5.86. The Bertz CT molecular complexity index is 1690. The Labute approximate surface area is 258 Å². The number of rotatable bonds is 8. The minimum atomic E-state index is -4.46. The number of ether oxygens (including phenoxy) is 1. The van der Waals surface area contributed by atoms with Crippen LogP contribution in [-0.4, -0.2) is 68.8 Å². The first-order chi connectivity index (χ1) is 21.6. The molecule has 2 aliphatic heterocycles. The fourth-order valence-electron chi connectivity index (χ4n) is 5.86. The smallest absolute Gasteiger partial charge is 0.416 e. The summed E-state index contributed by atoms with van der Waals surface area (Å²) in [7, 11) is 3.59. The number of alkyl halides is 3. The second kappa shape index (κ2) is 12.3. The zero-order valence-corrected chi connectivity index (χ0v) is 25.2. The maximum Gasteiger partial charge on any atom is 0.416 e. The highest BCUT2D eigenvalue weighted by Gasteiger charge is 2.35. The Morgan fingerprint density at radius 2 is 1.93 bits per heavy atom. The molecule has 2 aromatic heterocycles. The molecule has 1 unspecified atom stereocenters. The third kappa shape index (κ3) is 6.27. The van der Waals surface area contributed by atoms with E-state index < -0.39 is 11.7 Å². The number of hydrogen-bond acceptors (Lipinski definition) is 9. The average Bonchev–Trinajstić information content (AvgIpc) is 3.52. The zero-order valence-electron chi connectivity index (χ0n) is 25.2. The summed E-state index contributed by atoms with van der Waals surface area (Å²) in [6.07, 6.45) is 1.15. The first-order valence-electron chi connectivity index (χ1n) is 14.8. The van der Waals surface area contributed by atoms with Crippen LogP contribution in [0.1, 0.15) is 59.5 Å². The number of nitrogens with one attached hydrogen (secondary N) is 2. The van der Waals surface area contributed by atoms with Gasteiger partial charge in [0.05, 0.1) is 30.6 Å². The lowest BCUT2D eigenvalue weighted by Crippen LogP contribution is -2.43. The number of carbonyl (C=O) groups is 1. The van der Waals surface area contributed by atoms with Crippen LogP contribution >= 0.6 is 0 Å². The molecule has 2 N–H and O–H groups in total. The van der Waals surface area contributed by atoms with Gasteiger partial charge in [-0.1, -0.05) is 19.1 Å². The highest BCUT2D eigenvalue weighted by Crippen LogP contribution is 2.40. The van der Waals surface area contributed by atoms with E-state index in [-0.39, 0.29) is 30.5 Å². The number of anilines is 3. The Hall–Kier alpha value is -4.72. The molecular weight excluding hydrogens is 587 g/mol. The van der Waals surface area contributed by atoms with Crippen molar-refractivity contribution in [2.45, 2.75) is 51.0 Å². The van der Waals surface area contributed by atoms with E-state index in [0.717, 1.165) is 38.1 Å². The molecule has 0 bridgehead atoms. The van der Waals surface area contributed by atoms with Gasteiger partial charge < -0.3 is 25.2 Å². The monoisotopic (exact) mass is 621 g/mol. The lowest BCUT2D eigenvalue weighted by atomic mass is 10.0. The number of halogens is 3. The molecule has 1 amide bonds. The highest BCUT2D eigenvalue weighted by molar-refractivity contribution is 5.95. The highest BCUT2D eigenvalue weighted by atomic mass is 19.4. The standard InChI is InChI=1S/C31H34F3N9O2/c1-4-24-28-40-36-18-43(28)25-16-35-30(39-27(25)42(24)17-19-6-5-7-21(14-19)31(32,33)34)38-23-9-8-20(15-26(23)45-3)29(44)37-22-10-12-41(2)13-11-22/h5-9,14-16,18,22,24H,4,10-13,17H2,1-3H3,(H,37,44)(H,35,38,39). The second-order valence-corrected chi connectivity index (χ2v) is 11.3. The lowest BCUT2D eigenvalue weighted by Gasteiger charge is -2.37. The van der Waals surface area contributed by atoms with E-state index in [2.05, 4.69) is 37.8 Å². The van der Waals surface area contributed by atoms with Gasteiger partial charge in [0, 0.05) is 18.2 Å². The summed E-state index contributed by atoms with van der Waals surface area (Å²) in [5.41, 5.74) is 1.39. The largest absolute Gasteiger partial charge is 0.495 e. The van der Waals surface area contributed by atoms with Crippen LogP contribution in [0, 0.1) is 0 Å². The molecule has 1 saturated heterocycles. The molecule has 11 nitrogen and oxygen atoms in total. The van der Waals surface area contributed by atoms with Gasteiger partial charge in [0.15, 0.2) is 11.6 Å². The van der Waals surface area contributed by atoms with Crippen LogP contribution in [0.15, 0.2) is 55.0 Å². The van der Waals surface area contributed by atoms with Crippen molar-refractivity contribution < 1.29 is 22.7 Å². The van der Waals surface area contributed by atoms with Gasteiger partial charge in [0.25, 0.3) is 5.91 Å². The van der Waals surface area contributed by atoms with Crippen molar-refractivity contribution in [3.63, 3.8) is 0 Å². The molecule has 6 rings (SSSR count). The van der Waals surface area contributed by atoms with Crippen molar-refractivity contribution in [3.05, 3.63) is 77.5 Å². The molecule has 0 saturated carbocycles. The minimum Gasteiger partial charge on any atom is -0.495 e. The molecule has 2 aromatic carbocycles. The molecule has 45 heavy (non-hydrogen) atoms. The van der Waals surface area contributed by atoms with Gasteiger partial charge in [-0.05, 0) is 75.3 Å². The number of hydrogen-bond donors (Lipinski definition) is 2. The summed E-state index contributed by atoms with van der Waals surface area (Å²) in [6, 6.07) is 10.2. The van der Waals surface area contributed by atoms with Crippen LogP contribution in [0.5, 0.6) is 5.75 Å². The van der Waals surface area contributed by atoms with E-state index in [1.807, 2.05) is 11.8 Å². The molecule has 14 heteroatoms. The van der Waals surface area contributed by atoms with E-state index in [0.29, 0.717) is 46.3 Å². The van der Waals surface area contributed by atoms with Gasteiger partial charge in [-0.2, -0.15) is 18.2 Å². The minimum absolute atomic E-state index is 0.124. The summed E-state index contributed by atoms with van der Waals surface area (Å²) in [4.78, 5) is 26.5. The van der Waals surface area contributed by atoms with Crippen LogP contribution in [-0.2, 0) is 12.7 Å².